The fourth-order valence-corrected chi connectivity index (χ4v) is 1.71. The molecular formula is C12H24N6O. The van der Waals surface area contributed by atoms with Crippen LogP contribution in [0, 0.1) is 5.41 Å². The predicted molar refractivity (Wildman–Crippen MR) is 77.2 cm³/mol. The van der Waals surface area contributed by atoms with Crippen LogP contribution in [0.5, 0.6) is 0 Å². The average molecular weight is 268 g/mol. The summed E-state index contributed by atoms with van der Waals surface area (Å²) in [6.45, 7) is 4.86. The Morgan fingerprint density at radius 2 is 1.84 bits per heavy atom. The fraction of sp³-hybridized carbons (Fsp3) is 0.750. The molecule has 0 aliphatic heterocycles. The minimum atomic E-state index is -0.153. The fourth-order valence-electron chi connectivity index (χ4n) is 1.71. The first-order valence-corrected chi connectivity index (χ1v) is 6.50. The van der Waals surface area contributed by atoms with Gasteiger partial charge in [-0.3, -0.25) is 0 Å². The molecule has 0 saturated heterocycles. The highest BCUT2D eigenvalue weighted by Crippen LogP contribution is 2.25. The number of hydrogen-bond acceptors (Lipinski definition) is 7. The Balaban J connectivity index is 2.82. The van der Waals surface area contributed by atoms with Gasteiger partial charge in [-0.25, -0.2) is 0 Å². The number of rotatable bonds is 7. The van der Waals surface area contributed by atoms with Crippen molar-refractivity contribution in [1.29, 1.82) is 0 Å². The maximum Gasteiger partial charge on any atom is 0.231 e. The Labute approximate surface area is 114 Å². The van der Waals surface area contributed by atoms with E-state index in [1.807, 2.05) is 14.1 Å². The first-order valence-electron chi connectivity index (χ1n) is 6.50. The van der Waals surface area contributed by atoms with Crippen molar-refractivity contribution in [1.82, 2.24) is 15.0 Å². The third kappa shape index (κ3) is 3.92. The molecule has 0 fully saturated rings. The Kier molecular flexibility index (Phi) is 5.29. The summed E-state index contributed by atoms with van der Waals surface area (Å²) < 4.78 is 0. The van der Waals surface area contributed by atoms with E-state index in [1.54, 1.807) is 4.90 Å². The molecule has 0 radical (unpaired) electrons. The summed E-state index contributed by atoms with van der Waals surface area (Å²) in [6, 6.07) is 0. The van der Waals surface area contributed by atoms with Crippen molar-refractivity contribution in [2.45, 2.75) is 26.7 Å². The van der Waals surface area contributed by atoms with E-state index in [9.17, 15) is 5.11 Å². The predicted octanol–water partition coefficient (Wildman–Crippen LogP) is 0.730. The van der Waals surface area contributed by atoms with E-state index in [4.69, 9.17) is 5.73 Å². The second kappa shape index (κ2) is 6.51. The molecule has 0 atom stereocenters. The molecule has 0 saturated carbocycles. The number of nitrogen functional groups attached to an aromatic ring is 1. The van der Waals surface area contributed by atoms with Gasteiger partial charge in [-0.15, -0.1) is 0 Å². The van der Waals surface area contributed by atoms with Gasteiger partial charge in [0, 0.05) is 26.1 Å². The van der Waals surface area contributed by atoms with Crippen LogP contribution in [0.1, 0.15) is 26.7 Å². The zero-order valence-electron chi connectivity index (χ0n) is 12.1. The summed E-state index contributed by atoms with van der Waals surface area (Å²) in [5.41, 5.74) is 5.50. The number of aliphatic hydroxyl groups excluding tert-OH is 1. The van der Waals surface area contributed by atoms with Crippen LogP contribution in [0.15, 0.2) is 0 Å². The van der Waals surface area contributed by atoms with Crippen molar-refractivity contribution in [2.24, 2.45) is 5.41 Å². The number of nitrogens with one attached hydrogen (secondary N) is 1. The molecule has 0 bridgehead atoms. The second-order valence-electron chi connectivity index (χ2n) is 4.93. The van der Waals surface area contributed by atoms with Gasteiger partial charge in [0.05, 0.1) is 6.61 Å². The normalized spacial score (nSPS) is 11.4. The molecule has 0 amide bonds. The van der Waals surface area contributed by atoms with Gasteiger partial charge in [0.15, 0.2) is 0 Å². The molecule has 7 nitrogen and oxygen atoms in total. The van der Waals surface area contributed by atoms with Gasteiger partial charge in [0.2, 0.25) is 17.8 Å². The Bertz CT molecular complexity index is 397. The van der Waals surface area contributed by atoms with Crippen LogP contribution >= 0.6 is 0 Å². The van der Waals surface area contributed by atoms with Crippen molar-refractivity contribution in [3.05, 3.63) is 0 Å². The molecule has 0 unspecified atom stereocenters. The van der Waals surface area contributed by atoms with Crippen LogP contribution in [0.3, 0.4) is 0 Å². The van der Waals surface area contributed by atoms with Crippen molar-refractivity contribution < 1.29 is 5.11 Å². The molecular weight excluding hydrogens is 244 g/mol. The first kappa shape index (κ1) is 15.4. The van der Waals surface area contributed by atoms with Crippen LogP contribution < -0.4 is 16.0 Å². The third-order valence-corrected chi connectivity index (χ3v) is 3.50. The topological polar surface area (TPSA) is 100 Å². The molecule has 0 aliphatic carbocycles. The summed E-state index contributed by atoms with van der Waals surface area (Å²) in [5, 5.41) is 12.7. The second-order valence-corrected chi connectivity index (χ2v) is 4.93. The third-order valence-electron chi connectivity index (χ3n) is 3.50. The smallest absolute Gasteiger partial charge is 0.231 e. The number of hydrogen-bond donors (Lipinski definition) is 3. The zero-order valence-corrected chi connectivity index (χ0v) is 12.1. The number of aromatic nitrogens is 3. The molecule has 0 aromatic carbocycles. The van der Waals surface area contributed by atoms with E-state index < -0.39 is 0 Å². The van der Waals surface area contributed by atoms with E-state index in [1.165, 1.54) is 0 Å². The van der Waals surface area contributed by atoms with Gasteiger partial charge < -0.3 is 21.1 Å². The van der Waals surface area contributed by atoms with Crippen LogP contribution in [-0.4, -0.2) is 47.3 Å². The van der Waals surface area contributed by atoms with Crippen molar-refractivity contribution in [2.75, 3.05) is 43.2 Å². The van der Waals surface area contributed by atoms with E-state index in [0.717, 1.165) is 12.8 Å². The van der Waals surface area contributed by atoms with E-state index in [2.05, 4.69) is 34.1 Å². The van der Waals surface area contributed by atoms with Gasteiger partial charge in [0.25, 0.3) is 0 Å². The monoisotopic (exact) mass is 268 g/mol. The summed E-state index contributed by atoms with van der Waals surface area (Å²) in [4.78, 5) is 14.1. The number of anilines is 3. The van der Waals surface area contributed by atoms with E-state index in [0.29, 0.717) is 18.4 Å². The standard InChI is InChI=1S/C12H24N6O/c1-5-12(6-2,8-19)7-14-10-15-9(13)16-11(17-10)18(3)4/h19H,5-8H2,1-4H3,(H3,13,14,15,16,17). The lowest BCUT2D eigenvalue weighted by molar-refractivity contribution is 0.127. The molecule has 1 aromatic heterocycles. The summed E-state index contributed by atoms with van der Waals surface area (Å²) >= 11 is 0. The maximum atomic E-state index is 9.53. The van der Waals surface area contributed by atoms with Crippen molar-refractivity contribution in [3.63, 3.8) is 0 Å². The van der Waals surface area contributed by atoms with Crippen LogP contribution in [0.4, 0.5) is 17.8 Å². The van der Waals surface area contributed by atoms with E-state index >= 15 is 0 Å². The van der Waals surface area contributed by atoms with Crippen LogP contribution in [0.25, 0.3) is 0 Å². The van der Waals surface area contributed by atoms with Crippen molar-refractivity contribution >= 4 is 17.8 Å². The van der Waals surface area contributed by atoms with Crippen molar-refractivity contribution in [3.8, 4) is 0 Å². The molecule has 1 rings (SSSR count). The highest BCUT2D eigenvalue weighted by Gasteiger charge is 2.25. The zero-order chi connectivity index (χ0) is 14.5. The number of nitrogens with zero attached hydrogens (tertiary/aromatic N) is 4. The molecule has 1 aromatic rings. The lowest BCUT2D eigenvalue weighted by Gasteiger charge is -2.29. The highest BCUT2D eigenvalue weighted by molar-refractivity contribution is 5.40. The Morgan fingerprint density at radius 3 is 2.32 bits per heavy atom. The minimum Gasteiger partial charge on any atom is -0.396 e. The SMILES string of the molecule is CCC(CC)(CO)CNc1nc(N)nc(N(C)C)n1. The molecule has 1 heterocycles. The molecule has 0 spiro atoms. The van der Waals surface area contributed by atoms with Gasteiger partial charge >= 0.3 is 0 Å². The summed E-state index contributed by atoms with van der Waals surface area (Å²) in [5.74, 6) is 1.14. The maximum absolute atomic E-state index is 9.53. The molecule has 4 N–H and O–H groups in total. The lowest BCUT2D eigenvalue weighted by atomic mass is 9.83. The largest absolute Gasteiger partial charge is 0.396 e. The van der Waals surface area contributed by atoms with Gasteiger partial charge in [0.1, 0.15) is 0 Å². The Hall–Kier alpha value is -1.63. The van der Waals surface area contributed by atoms with E-state index in [-0.39, 0.29) is 18.0 Å². The molecule has 108 valence electrons. The molecule has 19 heavy (non-hydrogen) atoms. The molecule has 0 aliphatic rings. The Morgan fingerprint density at radius 1 is 1.21 bits per heavy atom. The number of aliphatic hydroxyl groups is 1. The van der Waals surface area contributed by atoms with Crippen LogP contribution in [-0.2, 0) is 0 Å². The lowest BCUT2D eigenvalue weighted by Crippen LogP contribution is -2.33. The van der Waals surface area contributed by atoms with Gasteiger partial charge in [-0.05, 0) is 12.8 Å². The van der Waals surface area contributed by atoms with Gasteiger partial charge in [-0.2, -0.15) is 15.0 Å². The summed E-state index contributed by atoms with van der Waals surface area (Å²) in [7, 11) is 3.68. The summed E-state index contributed by atoms with van der Waals surface area (Å²) in [6.07, 6.45) is 1.77. The van der Waals surface area contributed by atoms with Crippen LogP contribution in [0.2, 0.25) is 0 Å². The minimum absolute atomic E-state index is 0.133. The highest BCUT2D eigenvalue weighted by atomic mass is 16.3. The first-order chi connectivity index (χ1) is 8.96. The quantitative estimate of drug-likeness (QED) is 0.670. The molecule has 7 heteroatoms. The average Bonchev–Trinajstić information content (AvgIpc) is 2.40. The van der Waals surface area contributed by atoms with Gasteiger partial charge in [-0.1, -0.05) is 13.8 Å². The number of nitrogens with two attached hydrogens (primary N) is 1.